The van der Waals surface area contributed by atoms with E-state index in [2.05, 4.69) is 0 Å². The van der Waals surface area contributed by atoms with Gasteiger partial charge in [0, 0.05) is 0 Å². The van der Waals surface area contributed by atoms with E-state index in [1.54, 1.807) is 6.08 Å². The molecule has 1 N–H and O–H groups in total. The molecule has 0 bridgehead atoms. The van der Waals surface area contributed by atoms with Gasteiger partial charge in [-0.2, -0.15) is 0 Å². The lowest BCUT2D eigenvalue weighted by atomic mass is 10.1. The molecular formula is C10H12O. The molecule has 1 heteroatoms. The first-order chi connectivity index (χ1) is 5.34. The summed E-state index contributed by atoms with van der Waals surface area (Å²) in [4.78, 5) is 0. The highest BCUT2D eigenvalue weighted by atomic mass is 16.3. The number of benzene rings is 1. The van der Waals surface area contributed by atoms with Crippen LogP contribution < -0.4 is 0 Å². The number of allylic oxidation sites excluding steroid dienone is 1. The van der Waals surface area contributed by atoms with Crippen LogP contribution in [0, 0.1) is 0 Å². The van der Waals surface area contributed by atoms with Crippen LogP contribution in [0.25, 0.3) is 0 Å². The molecule has 1 atom stereocenters. The fraction of sp³-hybridized carbons (Fsp3) is 0.200. The standard InChI is InChI=1S/C10H12O/c1-2-6-10(11)9-7-4-3-5-8-9/h2-8,10-11H,1H3/b6-2+. The van der Waals surface area contributed by atoms with E-state index in [0.717, 1.165) is 5.56 Å². The second kappa shape index (κ2) is 3.94. The fourth-order valence-electron chi connectivity index (χ4n) is 0.944. The van der Waals surface area contributed by atoms with Crippen molar-refractivity contribution in [1.82, 2.24) is 0 Å². The molecule has 0 aliphatic heterocycles. The maximum absolute atomic E-state index is 9.43. The average molecular weight is 148 g/mol. The van der Waals surface area contributed by atoms with Gasteiger partial charge in [0.1, 0.15) is 0 Å². The molecule has 0 radical (unpaired) electrons. The largest absolute Gasteiger partial charge is 0.384 e. The summed E-state index contributed by atoms with van der Waals surface area (Å²) in [6, 6.07) is 9.59. The molecular weight excluding hydrogens is 136 g/mol. The van der Waals surface area contributed by atoms with Crippen LogP contribution >= 0.6 is 0 Å². The molecule has 11 heavy (non-hydrogen) atoms. The molecule has 0 spiro atoms. The summed E-state index contributed by atoms with van der Waals surface area (Å²) in [6.45, 7) is 1.90. The lowest BCUT2D eigenvalue weighted by molar-refractivity contribution is 0.228. The van der Waals surface area contributed by atoms with Gasteiger partial charge in [-0.3, -0.25) is 0 Å². The normalized spacial score (nSPS) is 13.6. The third-order valence-electron chi connectivity index (χ3n) is 1.52. The molecule has 1 unspecified atom stereocenters. The molecule has 0 aliphatic carbocycles. The van der Waals surface area contributed by atoms with E-state index in [1.165, 1.54) is 0 Å². The average Bonchev–Trinajstić information content (AvgIpc) is 2.07. The van der Waals surface area contributed by atoms with Crippen LogP contribution in [0.1, 0.15) is 18.6 Å². The SMILES string of the molecule is C/C=C/C(O)c1ccccc1. The van der Waals surface area contributed by atoms with Crippen molar-refractivity contribution in [3.05, 3.63) is 48.0 Å². The predicted octanol–water partition coefficient (Wildman–Crippen LogP) is 2.30. The highest BCUT2D eigenvalue weighted by Gasteiger charge is 1.99. The topological polar surface area (TPSA) is 20.2 Å². The van der Waals surface area contributed by atoms with Crippen LogP contribution in [0.15, 0.2) is 42.5 Å². The minimum Gasteiger partial charge on any atom is -0.384 e. The molecule has 0 saturated carbocycles. The number of aliphatic hydroxyl groups excluding tert-OH is 1. The van der Waals surface area contributed by atoms with E-state index in [9.17, 15) is 5.11 Å². The van der Waals surface area contributed by atoms with Crippen molar-refractivity contribution in [2.75, 3.05) is 0 Å². The Balaban J connectivity index is 2.76. The van der Waals surface area contributed by atoms with Crippen LogP contribution in [0.2, 0.25) is 0 Å². The Bertz CT molecular complexity index is 226. The highest BCUT2D eigenvalue weighted by molar-refractivity contribution is 5.20. The van der Waals surface area contributed by atoms with Crippen molar-refractivity contribution in [3.63, 3.8) is 0 Å². The smallest absolute Gasteiger partial charge is 0.0971 e. The van der Waals surface area contributed by atoms with Gasteiger partial charge >= 0.3 is 0 Å². The molecule has 1 aromatic carbocycles. The van der Waals surface area contributed by atoms with Crippen molar-refractivity contribution in [1.29, 1.82) is 0 Å². The van der Waals surface area contributed by atoms with Crippen LogP contribution in [-0.4, -0.2) is 5.11 Å². The Hall–Kier alpha value is -1.08. The number of aliphatic hydroxyl groups is 1. The summed E-state index contributed by atoms with van der Waals surface area (Å²) < 4.78 is 0. The monoisotopic (exact) mass is 148 g/mol. The zero-order valence-electron chi connectivity index (χ0n) is 6.57. The van der Waals surface area contributed by atoms with E-state index in [1.807, 2.05) is 43.3 Å². The van der Waals surface area contributed by atoms with Gasteiger partial charge in [0.15, 0.2) is 0 Å². The highest BCUT2D eigenvalue weighted by Crippen LogP contribution is 2.12. The Kier molecular flexibility index (Phi) is 2.87. The van der Waals surface area contributed by atoms with Crippen LogP contribution in [0.3, 0.4) is 0 Å². The maximum Gasteiger partial charge on any atom is 0.0971 e. The zero-order valence-corrected chi connectivity index (χ0v) is 6.57. The van der Waals surface area contributed by atoms with Gasteiger partial charge in [-0.15, -0.1) is 0 Å². The Labute approximate surface area is 67.0 Å². The van der Waals surface area contributed by atoms with Crippen LogP contribution in [0.4, 0.5) is 0 Å². The second-order valence-corrected chi connectivity index (χ2v) is 2.38. The Morgan fingerprint density at radius 3 is 2.45 bits per heavy atom. The van der Waals surface area contributed by atoms with Crippen molar-refractivity contribution in [3.8, 4) is 0 Å². The summed E-state index contributed by atoms with van der Waals surface area (Å²) in [6.07, 6.45) is 3.15. The minimum absolute atomic E-state index is 0.457. The van der Waals surface area contributed by atoms with E-state index >= 15 is 0 Å². The van der Waals surface area contributed by atoms with E-state index in [0.29, 0.717) is 0 Å². The second-order valence-electron chi connectivity index (χ2n) is 2.38. The van der Waals surface area contributed by atoms with Gasteiger partial charge in [-0.1, -0.05) is 42.5 Å². The first kappa shape index (κ1) is 8.02. The van der Waals surface area contributed by atoms with Gasteiger partial charge in [0.2, 0.25) is 0 Å². The van der Waals surface area contributed by atoms with Crippen LogP contribution in [-0.2, 0) is 0 Å². The summed E-state index contributed by atoms with van der Waals surface area (Å²) in [5, 5.41) is 9.43. The van der Waals surface area contributed by atoms with Gasteiger partial charge in [0.05, 0.1) is 6.10 Å². The third kappa shape index (κ3) is 2.20. The maximum atomic E-state index is 9.43. The molecule has 1 nitrogen and oxygen atoms in total. The first-order valence-corrected chi connectivity index (χ1v) is 3.70. The van der Waals surface area contributed by atoms with Crippen molar-refractivity contribution in [2.45, 2.75) is 13.0 Å². The lowest BCUT2D eigenvalue weighted by Crippen LogP contribution is -1.90. The molecule has 0 fully saturated rings. The molecule has 0 saturated heterocycles. The predicted molar refractivity (Wildman–Crippen MR) is 46.2 cm³/mol. The molecule has 58 valence electrons. The number of hydrogen-bond acceptors (Lipinski definition) is 1. The van der Waals surface area contributed by atoms with Gasteiger partial charge in [-0.25, -0.2) is 0 Å². The van der Waals surface area contributed by atoms with E-state index in [4.69, 9.17) is 0 Å². The summed E-state index contributed by atoms with van der Waals surface area (Å²) in [7, 11) is 0. The Morgan fingerprint density at radius 1 is 1.27 bits per heavy atom. The molecule has 1 aromatic rings. The van der Waals surface area contributed by atoms with Gasteiger partial charge in [0.25, 0.3) is 0 Å². The molecule has 0 amide bonds. The van der Waals surface area contributed by atoms with Crippen LogP contribution in [0.5, 0.6) is 0 Å². The molecule has 1 rings (SSSR count). The minimum atomic E-state index is -0.457. The number of rotatable bonds is 2. The fourth-order valence-corrected chi connectivity index (χ4v) is 0.944. The van der Waals surface area contributed by atoms with Crippen molar-refractivity contribution < 1.29 is 5.11 Å². The summed E-state index contributed by atoms with van der Waals surface area (Å²) in [5.41, 5.74) is 0.936. The lowest BCUT2D eigenvalue weighted by Gasteiger charge is -2.03. The number of hydrogen-bond donors (Lipinski definition) is 1. The molecule has 0 aromatic heterocycles. The van der Waals surface area contributed by atoms with Crippen molar-refractivity contribution in [2.24, 2.45) is 0 Å². The Morgan fingerprint density at radius 2 is 1.91 bits per heavy atom. The summed E-state index contributed by atoms with van der Waals surface area (Å²) >= 11 is 0. The zero-order chi connectivity index (χ0) is 8.10. The summed E-state index contributed by atoms with van der Waals surface area (Å²) in [5.74, 6) is 0. The van der Waals surface area contributed by atoms with E-state index in [-0.39, 0.29) is 0 Å². The third-order valence-corrected chi connectivity index (χ3v) is 1.52. The first-order valence-electron chi connectivity index (χ1n) is 3.70. The molecule has 0 heterocycles. The quantitative estimate of drug-likeness (QED) is 0.638. The molecule has 0 aliphatic rings. The van der Waals surface area contributed by atoms with E-state index < -0.39 is 6.10 Å². The van der Waals surface area contributed by atoms with Crippen molar-refractivity contribution >= 4 is 0 Å². The van der Waals surface area contributed by atoms with Gasteiger partial charge in [-0.05, 0) is 12.5 Å². The van der Waals surface area contributed by atoms with Gasteiger partial charge < -0.3 is 5.11 Å².